The molecule has 4 heteroatoms. The van der Waals surface area contributed by atoms with E-state index in [1.807, 2.05) is 18.2 Å². The Kier molecular flexibility index (Phi) is 3.07. The average Bonchev–Trinajstić information content (AvgIpc) is 2.87. The Hall–Kier alpha value is -2.10. The zero-order valence-corrected chi connectivity index (χ0v) is 10.2. The van der Waals surface area contributed by atoms with Crippen LogP contribution >= 0.6 is 0 Å². The van der Waals surface area contributed by atoms with Gasteiger partial charge in [0.15, 0.2) is 11.6 Å². The van der Waals surface area contributed by atoms with Crippen LogP contribution in [-0.4, -0.2) is 6.61 Å². The number of nitrogens with one attached hydrogen (secondary N) is 1. The predicted octanol–water partition coefficient (Wildman–Crippen LogP) is 3.51. The van der Waals surface area contributed by atoms with Gasteiger partial charge in [0.05, 0.1) is 6.61 Å². The maximum Gasteiger partial charge on any atom is 0.159 e. The second kappa shape index (κ2) is 4.88. The summed E-state index contributed by atoms with van der Waals surface area (Å²) in [5.74, 6) is -0.710. The van der Waals surface area contributed by atoms with Gasteiger partial charge < -0.3 is 10.1 Å². The fourth-order valence-electron chi connectivity index (χ4n) is 2.15. The van der Waals surface area contributed by atoms with Gasteiger partial charge in [0.2, 0.25) is 0 Å². The zero-order chi connectivity index (χ0) is 13.2. The molecule has 2 aromatic carbocycles. The molecule has 0 aliphatic carbocycles. The first-order chi connectivity index (χ1) is 9.22. The molecule has 0 spiro atoms. The summed E-state index contributed by atoms with van der Waals surface area (Å²) in [6.45, 7) is 1.18. The molecule has 0 bridgehead atoms. The summed E-state index contributed by atoms with van der Waals surface area (Å²) in [6, 6.07) is 9.80. The molecule has 2 nitrogen and oxygen atoms in total. The summed E-state index contributed by atoms with van der Waals surface area (Å²) >= 11 is 0. The van der Waals surface area contributed by atoms with Crippen LogP contribution in [0.4, 0.5) is 14.5 Å². The maximum atomic E-state index is 13.1. The Morgan fingerprint density at radius 3 is 2.79 bits per heavy atom. The van der Waals surface area contributed by atoms with Crippen molar-refractivity contribution in [3.63, 3.8) is 0 Å². The van der Waals surface area contributed by atoms with Gasteiger partial charge in [-0.15, -0.1) is 0 Å². The number of ether oxygens (including phenoxy) is 1. The molecule has 0 saturated heterocycles. The number of fused-ring (bicyclic) bond motifs is 1. The lowest BCUT2D eigenvalue weighted by atomic mass is 10.1. The summed E-state index contributed by atoms with van der Waals surface area (Å²) in [5.41, 5.74) is 2.83. The first-order valence-electron chi connectivity index (χ1n) is 6.16. The lowest BCUT2D eigenvalue weighted by molar-refractivity contribution is 0.357. The third kappa shape index (κ3) is 2.52. The summed E-state index contributed by atoms with van der Waals surface area (Å²) in [4.78, 5) is 0. The van der Waals surface area contributed by atoms with E-state index in [2.05, 4.69) is 5.32 Å². The molecule has 0 radical (unpaired) electrons. The number of rotatable bonds is 3. The Balaban J connectivity index is 1.70. The van der Waals surface area contributed by atoms with Crippen LogP contribution in [0, 0.1) is 11.6 Å². The van der Waals surface area contributed by atoms with Gasteiger partial charge in [0.25, 0.3) is 0 Å². The van der Waals surface area contributed by atoms with Crippen LogP contribution in [0.15, 0.2) is 36.4 Å². The van der Waals surface area contributed by atoms with Gasteiger partial charge >= 0.3 is 0 Å². The van der Waals surface area contributed by atoms with E-state index in [1.165, 1.54) is 11.6 Å². The number of halogens is 2. The molecule has 1 N–H and O–H groups in total. The van der Waals surface area contributed by atoms with E-state index in [0.717, 1.165) is 30.5 Å². The van der Waals surface area contributed by atoms with Crippen molar-refractivity contribution >= 4 is 5.69 Å². The molecule has 2 aromatic rings. The highest BCUT2D eigenvalue weighted by atomic mass is 19.2. The Labute approximate surface area is 110 Å². The fourth-order valence-corrected chi connectivity index (χ4v) is 2.15. The van der Waals surface area contributed by atoms with Gasteiger partial charge in [-0.1, -0.05) is 6.07 Å². The van der Waals surface area contributed by atoms with Gasteiger partial charge in [-0.05, 0) is 41.5 Å². The quantitative estimate of drug-likeness (QED) is 0.912. The highest BCUT2D eigenvalue weighted by Crippen LogP contribution is 2.28. The average molecular weight is 261 g/mol. The molecule has 0 atom stereocenters. The molecule has 98 valence electrons. The number of anilines is 1. The molecule has 0 unspecified atom stereocenters. The normalized spacial score (nSPS) is 12.9. The molecule has 1 heterocycles. The van der Waals surface area contributed by atoms with Crippen molar-refractivity contribution in [2.45, 2.75) is 13.0 Å². The summed E-state index contributed by atoms with van der Waals surface area (Å²) in [5, 5.41) is 3.19. The lowest BCUT2D eigenvalue weighted by Crippen LogP contribution is -2.00. The smallest absolute Gasteiger partial charge is 0.159 e. The molecule has 3 rings (SSSR count). The van der Waals surface area contributed by atoms with Crippen LogP contribution in [-0.2, 0) is 13.0 Å². The molecule has 0 aromatic heterocycles. The van der Waals surface area contributed by atoms with Crippen molar-refractivity contribution in [1.82, 2.24) is 0 Å². The largest absolute Gasteiger partial charge is 0.493 e. The van der Waals surface area contributed by atoms with Crippen molar-refractivity contribution < 1.29 is 13.5 Å². The molecular formula is C15H13F2NO. The first kappa shape index (κ1) is 12.0. The molecular weight excluding hydrogens is 248 g/mol. The zero-order valence-electron chi connectivity index (χ0n) is 10.2. The Morgan fingerprint density at radius 1 is 1.05 bits per heavy atom. The molecule has 0 fully saturated rings. The third-order valence-corrected chi connectivity index (χ3v) is 3.17. The van der Waals surface area contributed by atoms with Crippen LogP contribution in [0.3, 0.4) is 0 Å². The van der Waals surface area contributed by atoms with E-state index in [4.69, 9.17) is 4.74 Å². The van der Waals surface area contributed by atoms with Gasteiger partial charge in [-0.25, -0.2) is 8.78 Å². The van der Waals surface area contributed by atoms with Gasteiger partial charge in [-0.3, -0.25) is 0 Å². The molecule has 1 aliphatic rings. The summed E-state index contributed by atoms with van der Waals surface area (Å²) < 4.78 is 31.3. The summed E-state index contributed by atoms with van der Waals surface area (Å²) in [6.07, 6.45) is 0.913. The van der Waals surface area contributed by atoms with Crippen molar-refractivity contribution in [3.05, 3.63) is 59.2 Å². The fraction of sp³-hybridized carbons (Fsp3) is 0.200. The van der Waals surface area contributed by atoms with Crippen LogP contribution < -0.4 is 10.1 Å². The minimum absolute atomic E-state index is 0.455. The van der Waals surface area contributed by atoms with Crippen molar-refractivity contribution in [2.75, 3.05) is 11.9 Å². The highest BCUT2D eigenvalue weighted by Gasteiger charge is 2.11. The predicted molar refractivity (Wildman–Crippen MR) is 69.3 cm³/mol. The highest BCUT2D eigenvalue weighted by molar-refractivity contribution is 5.52. The lowest BCUT2D eigenvalue weighted by Gasteiger charge is -2.08. The van der Waals surface area contributed by atoms with Crippen LogP contribution in [0.5, 0.6) is 5.75 Å². The van der Waals surface area contributed by atoms with E-state index < -0.39 is 11.6 Å². The number of benzene rings is 2. The minimum atomic E-state index is -0.821. The van der Waals surface area contributed by atoms with E-state index in [1.54, 1.807) is 6.07 Å². The van der Waals surface area contributed by atoms with E-state index in [-0.39, 0.29) is 0 Å². The standard InChI is InChI=1S/C15H13F2NO/c16-13-3-1-10(7-14(13)17)9-18-12-2-4-15-11(8-12)5-6-19-15/h1-4,7-8,18H,5-6,9H2. The van der Waals surface area contributed by atoms with Gasteiger partial charge in [0, 0.05) is 18.7 Å². The van der Waals surface area contributed by atoms with Gasteiger partial charge in [-0.2, -0.15) is 0 Å². The SMILES string of the molecule is Fc1ccc(CNc2ccc3c(c2)CCO3)cc1F. The Morgan fingerprint density at radius 2 is 1.95 bits per heavy atom. The molecule has 0 amide bonds. The van der Waals surface area contributed by atoms with Crippen LogP contribution in [0.2, 0.25) is 0 Å². The molecule has 19 heavy (non-hydrogen) atoms. The second-order valence-electron chi connectivity index (χ2n) is 4.52. The Bertz CT molecular complexity index is 613. The second-order valence-corrected chi connectivity index (χ2v) is 4.52. The van der Waals surface area contributed by atoms with E-state index >= 15 is 0 Å². The topological polar surface area (TPSA) is 21.3 Å². The van der Waals surface area contributed by atoms with Crippen molar-refractivity contribution in [2.24, 2.45) is 0 Å². The van der Waals surface area contributed by atoms with E-state index in [9.17, 15) is 8.78 Å². The maximum absolute atomic E-state index is 13.1. The molecule has 1 aliphatic heterocycles. The van der Waals surface area contributed by atoms with Crippen molar-refractivity contribution in [1.29, 1.82) is 0 Å². The third-order valence-electron chi connectivity index (χ3n) is 3.17. The monoisotopic (exact) mass is 261 g/mol. The number of hydrogen-bond donors (Lipinski definition) is 1. The van der Waals surface area contributed by atoms with Crippen LogP contribution in [0.1, 0.15) is 11.1 Å². The van der Waals surface area contributed by atoms with Crippen LogP contribution in [0.25, 0.3) is 0 Å². The van der Waals surface area contributed by atoms with E-state index in [0.29, 0.717) is 12.1 Å². The van der Waals surface area contributed by atoms with Crippen molar-refractivity contribution in [3.8, 4) is 5.75 Å². The molecule has 0 saturated carbocycles. The minimum Gasteiger partial charge on any atom is -0.493 e. The van der Waals surface area contributed by atoms with Gasteiger partial charge in [0.1, 0.15) is 5.75 Å². The number of hydrogen-bond acceptors (Lipinski definition) is 2. The summed E-state index contributed by atoms with van der Waals surface area (Å²) in [7, 11) is 0. The first-order valence-corrected chi connectivity index (χ1v) is 6.16.